The molecule has 0 spiro atoms. The third kappa shape index (κ3) is 4.28. The van der Waals surface area contributed by atoms with Crippen LogP contribution in [0.5, 0.6) is 5.75 Å². The minimum absolute atomic E-state index is 0.128. The van der Waals surface area contributed by atoms with Crippen LogP contribution in [0.15, 0.2) is 24.3 Å². The first-order valence-corrected chi connectivity index (χ1v) is 5.35. The molecule has 0 saturated carbocycles. The lowest BCUT2D eigenvalue weighted by molar-refractivity contribution is 0.192. The minimum Gasteiger partial charge on any atom is -0.497 e. The molecule has 1 atom stereocenters. The highest BCUT2D eigenvalue weighted by Gasteiger charge is 2.14. The highest BCUT2D eigenvalue weighted by Crippen LogP contribution is 2.12. The van der Waals surface area contributed by atoms with E-state index in [0.717, 1.165) is 11.3 Å². The molecule has 1 unspecified atom stereocenters. The van der Waals surface area contributed by atoms with Gasteiger partial charge in [0.1, 0.15) is 5.75 Å². The molecule has 4 N–H and O–H groups in total. The zero-order valence-electron chi connectivity index (χ0n) is 9.34. The van der Waals surface area contributed by atoms with Crippen molar-refractivity contribution >= 4 is 23.3 Å². The zero-order valence-corrected chi connectivity index (χ0v) is 10.2. The molecule has 1 aromatic carbocycles. The number of hydrogen-bond acceptors (Lipinski definition) is 3. The van der Waals surface area contributed by atoms with Crippen molar-refractivity contribution in [1.82, 2.24) is 5.32 Å². The molecule has 5 nitrogen and oxygen atoms in total. The number of benzene rings is 1. The summed E-state index contributed by atoms with van der Waals surface area (Å²) in [5, 5.41) is 10.9. The van der Waals surface area contributed by atoms with Crippen LogP contribution in [0.2, 0.25) is 0 Å². The van der Waals surface area contributed by atoms with Gasteiger partial charge in [0, 0.05) is 0 Å². The lowest BCUT2D eigenvalue weighted by atomic mass is 10.1. The standard InChI is InChI=1S/C11H14N2O3S/c1-16-8-4-2-7(3-5-8)6-9(10(12)17)13-11(14)15/h2-5,9,13H,6H2,1H3,(H2,12,17)(H,14,15). The summed E-state index contributed by atoms with van der Waals surface area (Å²) in [5.74, 6) is 0.742. The fourth-order valence-corrected chi connectivity index (χ4v) is 1.51. The Hall–Kier alpha value is -1.82. The molecule has 1 rings (SSSR count). The van der Waals surface area contributed by atoms with E-state index in [1.807, 2.05) is 12.1 Å². The molecular weight excluding hydrogens is 240 g/mol. The minimum atomic E-state index is -1.14. The van der Waals surface area contributed by atoms with Crippen LogP contribution in [-0.2, 0) is 6.42 Å². The van der Waals surface area contributed by atoms with Crippen LogP contribution < -0.4 is 15.8 Å². The second-order valence-corrected chi connectivity index (χ2v) is 3.93. The van der Waals surface area contributed by atoms with E-state index in [1.54, 1.807) is 19.2 Å². The van der Waals surface area contributed by atoms with Crippen molar-refractivity contribution in [2.24, 2.45) is 5.73 Å². The maximum Gasteiger partial charge on any atom is 0.405 e. The summed E-state index contributed by atoms with van der Waals surface area (Å²) in [6, 6.07) is 6.72. The number of hydrogen-bond donors (Lipinski definition) is 3. The van der Waals surface area contributed by atoms with Gasteiger partial charge in [-0.25, -0.2) is 4.79 Å². The van der Waals surface area contributed by atoms with Crippen molar-refractivity contribution in [3.63, 3.8) is 0 Å². The summed E-state index contributed by atoms with van der Waals surface area (Å²) >= 11 is 4.81. The predicted octanol–water partition coefficient (Wildman–Crippen LogP) is 1.16. The largest absolute Gasteiger partial charge is 0.497 e. The number of amides is 1. The Morgan fingerprint density at radius 2 is 2.12 bits per heavy atom. The number of carboxylic acid groups (broad SMARTS) is 1. The summed E-state index contributed by atoms with van der Waals surface area (Å²) in [6.07, 6.45) is -0.720. The van der Waals surface area contributed by atoms with Gasteiger partial charge in [0.05, 0.1) is 18.1 Å². The van der Waals surface area contributed by atoms with Gasteiger partial charge in [-0.05, 0) is 24.1 Å². The Bertz CT molecular complexity index is 406. The summed E-state index contributed by atoms with van der Waals surface area (Å²) < 4.78 is 5.03. The van der Waals surface area contributed by atoms with Crippen molar-refractivity contribution in [1.29, 1.82) is 0 Å². The van der Waals surface area contributed by atoms with Crippen LogP contribution in [-0.4, -0.2) is 29.3 Å². The molecule has 0 aromatic heterocycles. The molecule has 0 bridgehead atoms. The Labute approximate surface area is 105 Å². The third-order valence-electron chi connectivity index (χ3n) is 2.24. The molecule has 0 fully saturated rings. The molecule has 0 saturated heterocycles. The van der Waals surface area contributed by atoms with E-state index < -0.39 is 12.1 Å². The van der Waals surface area contributed by atoms with Crippen molar-refractivity contribution in [2.75, 3.05) is 7.11 Å². The van der Waals surface area contributed by atoms with Gasteiger partial charge in [-0.3, -0.25) is 0 Å². The molecule has 0 heterocycles. The lowest BCUT2D eigenvalue weighted by Crippen LogP contribution is -2.44. The van der Waals surface area contributed by atoms with Crippen LogP contribution in [0, 0.1) is 0 Å². The highest BCUT2D eigenvalue weighted by atomic mass is 32.1. The summed E-state index contributed by atoms with van der Waals surface area (Å²) in [4.78, 5) is 10.7. The molecule has 92 valence electrons. The molecule has 0 aliphatic rings. The fraction of sp³-hybridized carbons (Fsp3) is 0.273. The molecule has 0 radical (unpaired) electrons. The Balaban J connectivity index is 2.71. The molecule has 1 amide bonds. The van der Waals surface area contributed by atoms with E-state index in [2.05, 4.69) is 5.32 Å². The first-order valence-electron chi connectivity index (χ1n) is 4.94. The van der Waals surface area contributed by atoms with E-state index in [1.165, 1.54) is 0 Å². The molecule has 0 aliphatic carbocycles. The molecular formula is C11H14N2O3S. The topological polar surface area (TPSA) is 84.6 Å². The molecule has 1 aromatic rings. The number of rotatable bonds is 5. The van der Waals surface area contributed by atoms with Gasteiger partial charge in [0.25, 0.3) is 0 Å². The smallest absolute Gasteiger partial charge is 0.405 e. The molecule has 17 heavy (non-hydrogen) atoms. The van der Waals surface area contributed by atoms with Gasteiger partial charge >= 0.3 is 6.09 Å². The van der Waals surface area contributed by atoms with E-state index >= 15 is 0 Å². The first-order chi connectivity index (χ1) is 8.02. The number of carbonyl (C=O) groups is 1. The maximum atomic E-state index is 10.6. The molecule has 0 aliphatic heterocycles. The van der Waals surface area contributed by atoms with E-state index in [0.29, 0.717) is 6.42 Å². The third-order valence-corrected chi connectivity index (χ3v) is 2.52. The van der Waals surface area contributed by atoms with Gasteiger partial charge in [-0.15, -0.1) is 0 Å². The Morgan fingerprint density at radius 3 is 2.53 bits per heavy atom. The van der Waals surface area contributed by atoms with Crippen molar-refractivity contribution < 1.29 is 14.6 Å². The second kappa shape index (κ2) is 6.05. The average molecular weight is 254 g/mol. The Kier molecular flexibility index (Phi) is 4.71. The summed E-state index contributed by atoms with van der Waals surface area (Å²) in [5.41, 5.74) is 6.40. The number of methoxy groups -OCH3 is 1. The highest BCUT2D eigenvalue weighted by molar-refractivity contribution is 7.80. The van der Waals surface area contributed by atoms with Crippen LogP contribution in [0.3, 0.4) is 0 Å². The average Bonchev–Trinajstić information content (AvgIpc) is 2.28. The zero-order chi connectivity index (χ0) is 12.8. The first kappa shape index (κ1) is 13.2. The molecule has 6 heteroatoms. The normalized spacial score (nSPS) is 11.6. The van der Waals surface area contributed by atoms with Gasteiger partial charge in [-0.2, -0.15) is 0 Å². The monoisotopic (exact) mass is 254 g/mol. The van der Waals surface area contributed by atoms with Gasteiger partial charge in [0.2, 0.25) is 0 Å². The second-order valence-electron chi connectivity index (χ2n) is 3.46. The van der Waals surface area contributed by atoms with Crippen LogP contribution in [0.4, 0.5) is 4.79 Å². The quantitative estimate of drug-likeness (QED) is 0.687. The number of nitrogens with two attached hydrogens (primary N) is 1. The number of thiocarbonyl (C=S) groups is 1. The maximum absolute atomic E-state index is 10.6. The van der Waals surface area contributed by atoms with Crippen LogP contribution in [0.1, 0.15) is 5.56 Å². The number of nitrogens with one attached hydrogen (secondary N) is 1. The van der Waals surface area contributed by atoms with Crippen LogP contribution in [0.25, 0.3) is 0 Å². The van der Waals surface area contributed by atoms with E-state index in [4.69, 9.17) is 27.8 Å². The van der Waals surface area contributed by atoms with E-state index in [-0.39, 0.29) is 4.99 Å². The van der Waals surface area contributed by atoms with Gasteiger partial charge in [-0.1, -0.05) is 24.4 Å². The SMILES string of the molecule is COc1ccc(CC(NC(=O)O)C(N)=S)cc1. The Morgan fingerprint density at radius 1 is 1.53 bits per heavy atom. The van der Waals surface area contributed by atoms with E-state index in [9.17, 15) is 4.79 Å². The van der Waals surface area contributed by atoms with Crippen molar-refractivity contribution in [2.45, 2.75) is 12.5 Å². The van der Waals surface area contributed by atoms with Gasteiger partial charge in [0.15, 0.2) is 0 Å². The van der Waals surface area contributed by atoms with Crippen LogP contribution >= 0.6 is 12.2 Å². The summed E-state index contributed by atoms with van der Waals surface area (Å²) in [6.45, 7) is 0. The van der Waals surface area contributed by atoms with Gasteiger partial charge < -0.3 is 20.9 Å². The number of ether oxygens (including phenoxy) is 1. The summed E-state index contributed by atoms with van der Waals surface area (Å²) in [7, 11) is 1.58. The van der Waals surface area contributed by atoms with Crippen molar-refractivity contribution in [3.05, 3.63) is 29.8 Å². The lowest BCUT2D eigenvalue weighted by Gasteiger charge is -2.15. The predicted molar refractivity (Wildman–Crippen MR) is 68.4 cm³/mol. The van der Waals surface area contributed by atoms with Crippen molar-refractivity contribution in [3.8, 4) is 5.75 Å². The fourth-order valence-electron chi connectivity index (χ4n) is 1.37.